The Bertz CT molecular complexity index is 651. The maximum atomic E-state index is 12.8. The summed E-state index contributed by atoms with van der Waals surface area (Å²) >= 11 is 11.0. The summed E-state index contributed by atoms with van der Waals surface area (Å²) in [6.45, 7) is 0.565. The van der Waals surface area contributed by atoms with Gasteiger partial charge in [-0.05, 0) is 54.6 Å². The monoisotopic (exact) mass is 401 g/mol. The number of carbonyl (C=O) groups excluding carboxylic acids is 1. The third-order valence-corrected chi connectivity index (χ3v) is 4.78. The van der Waals surface area contributed by atoms with Gasteiger partial charge in [0.1, 0.15) is 5.82 Å². The third-order valence-electron chi connectivity index (χ3n) is 2.86. The highest BCUT2D eigenvalue weighted by Gasteiger charge is 2.10. The minimum atomic E-state index is -0.234. The van der Waals surface area contributed by atoms with E-state index >= 15 is 0 Å². The number of amides is 1. The minimum absolute atomic E-state index is 0.182. The van der Waals surface area contributed by atoms with Crippen LogP contribution in [0.2, 0.25) is 5.02 Å². The summed E-state index contributed by atoms with van der Waals surface area (Å²) < 4.78 is 13.6. The van der Waals surface area contributed by atoms with E-state index < -0.39 is 0 Å². The molecule has 0 spiro atoms. The van der Waals surface area contributed by atoms with Gasteiger partial charge in [-0.3, -0.25) is 4.79 Å². The van der Waals surface area contributed by atoms with Crippen LogP contribution in [0, 0.1) is 5.82 Å². The molecule has 0 unspecified atom stereocenters. The SMILES string of the molecule is O=C(NCCCSc1ccc(F)cc1)c1cc(Br)ccc1Cl. The van der Waals surface area contributed by atoms with Crippen molar-refractivity contribution < 1.29 is 9.18 Å². The van der Waals surface area contributed by atoms with Crippen LogP contribution >= 0.6 is 39.3 Å². The van der Waals surface area contributed by atoms with Gasteiger partial charge >= 0.3 is 0 Å². The van der Waals surface area contributed by atoms with Crippen molar-refractivity contribution in [2.24, 2.45) is 0 Å². The predicted octanol–water partition coefficient (Wildman–Crippen LogP) is 5.15. The van der Waals surface area contributed by atoms with E-state index in [2.05, 4.69) is 21.2 Å². The van der Waals surface area contributed by atoms with E-state index in [0.717, 1.165) is 21.5 Å². The number of rotatable bonds is 6. The molecule has 0 aliphatic rings. The van der Waals surface area contributed by atoms with Crippen LogP contribution in [0.1, 0.15) is 16.8 Å². The molecule has 2 aromatic rings. The van der Waals surface area contributed by atoms with E-state index in [4.69, 9.17) is 11.6 Å². The van der Waals surface area contributed by atoms with E-state index in [-0.39, 0.29) is 11.7 Å². The molecule has 0 heterocycles. The van der Waals surface area contributed by atoms with Crippen molar-refractivity contribution in [1.29, 1.82) is 0 Å². The Morgan fingerprint density at radius 2 is 1.95 bits per heavy atom. The summed E-state index contributed by atoms with van der Waals surface area (Å²) in [4.78, 5) is 13.0. The van der Waals surface area contributed by atoms with Crippen LogP contribution in [-0.2, 0) is 0 Å². The molecule has 0 saturated carbocycles. The average molecular weight is 403 g/mol. The fourth-order valence-corrected chi connectivity index (χ4v) is 3.18. The molecule has 0 saturated heterocycles. The molecule has 0 aromatic heterocycles. The summed E-state index contributed by atoms with van der Waals surface area (Å²) in [5.74, 6) is 0.429. The summed E-state index contributed by atoms with van der Waals surface area (Å²) in [6.07, 6.45) is 0.819. The van der Waals surface area contributed by atoms with Gasteiger partial charge in [-0.2, -0.15) is 0 Å². The van der Waals surface area contributed by atoms with Gasteiger partial charge in [0.05, 0.1) is 10.6 Å². The van der Waals surface area contributed by atoms with Crippen LogP contribution in [0.5, 0.6) is 0 Å². The highest BCUT2D eigenvalue weighted by molar-refractivity contribution is 9.10. The second-order valence-corrected chi connectivity index (χ2v) is 7.03. The number of benzene rings is 2. The van der Waals surface area contributed by atoms with Gasteiger partial charge in [-0.15, -0.1) is 11.8 Å². The highest BCUT2D eigenvalue weighted by atomic mass is 79.9. The van der Waals surface area contributed by atoms with Gasteiger partial charge in [-0.1, -0.05) is 27.5 Å². The lowest BCUT2D eigenvalue weighted by molar-refractivity contribution is 0.0954. The van der Waals surface area contributed by atoms with Crippen molar-refractivity contribution in [1.82, 2.24) is 5.32 Å². The largest absolute Gasteiger partial charge is 0.352 e. The molecule has 1 amide bonds. The topological polar surface area (TPSA) is 29.1 Å². The zero-order chi connectivity index (χ0) is 15.9. The van der Waals surface area contributed by atoms with Crippen LogP contribution in [-0.4, -0.2) is 18.2 Å². The molecular formula is C16H14BrClFNOS. The fraction of sp³-hybridized carbons (Fsp3) is 0.188. The molecule has 2 aromatic carbocycles. The Morgan fingerprint density at radius 1 is 1.23 bits per heavy atom. The lowest BCUT2D eigenvalue weighted by Gasteiger charge is -2.07. The molecule has 0 aliphatic heterocycles. The molecule has 0 atom stereocenters. The average Bonchev–Trinajstić information content (AvgIpc) is 2.51. The molecule has 0 bridgehead atoms. The smallest absolute Gasteiger partial charge is 0.252 e. The van der Waals surface area contributed by atoms with Crippen molar-refractivity contribution >= 4 is 45.2 Å². The normalized spacial score (nSPS) is 10.5. The van der Waals surface area contributed by atoms with Gasteiger partial charge in [0.2, 0.25) is 0 Å². The van der Waals surface area contributed by atoms with Crippen LogP contribution < -0.4 is 5.32 Å². The number of carbonyl (C=O) groups is 1. The molecular weight excluding hydrogens is 389 g/mol. The summed E-state index contributed by atoms with van der Waals surface area (Å²) in [5, 5.41) is 3.28. The van der Waals surface area contributed by atoms with Crippen molar-refractivity contribution in [3.05, 3.63) is 63.3 Å². The predicted molar refractivity (Wildman–Crippen MR) is 93.2 cm³/mol. The molecule has 0 fully saturated rings. The van der Waals surface area contributed by atoms with E-state index in [1.165, 1.54) is 12.1 Å². The van der Waals surface area contributed by atoms with Crippen LogP contribution in [0.25, 0.3) is 0 Å². The lowest BCUT2D eigenvalue weighted by Crippen LogP contribution is -2.25. The molecule has 22 heavy (non-hydrogen) atoms. The Kier molecular flexibility index (Phi) is 6.73. The first-order chi connectivity index (χ1) is 10.6. The molecule has 0 aliphatic carbocycles. The van der Waals surface area contributed by atoms with Crippen molar-refractivity contribution in [3.8, 4) is 0 Å². The first-order valence-electron chi connectivity index (χ1n) is 6.68. The maximum absolute atomic E-state index is 12.8. The van der Waals surface area contributed by atoms with Crippen LogP contribution in [0.4, 0.5) is 4.39 Å². The molecule has 2 rings (SSSR count). The molecule has 2 nitrogen and oxygen atoms in total. The number of hydrogen-bond acceptors (Lipinski definition) is 2. The quantitative estimate of drug-likeness (QED) is 0.534. The first-order valence-corrected chi connectivity index (χ1v) is 8.83. The number of thioether (sulfide) groups is 1. The Labute approximate surface area is 146 Å². The summed E-state index contributed by atoms with van der Waals surface area (Å²) in [7, 11) is 0. The molecule has 1 N–H and O–H groups in total. The van der Waals surface area contributed by atoms with E-state index in [1.807, 2.05) is 0 Å². The Balaban J connectivity index is 1.73. The number of hydrogen-bond donors (Lipinski definition) is 1. The molecule has 6 heteroatoms. The summed E-state index contributed by atoms with van der Waals surface area (Å²) in [5.41, 5.74) is 0.460. The standard InChI is InChI=1S/C16H14BrClFNOS/c17-11-2-7-15(18)14(10-11)16(21)20-8-1-9-22-13-5-3-12(19)4-6-13/h2-7,10H,1,8-9H2,(H,20,21). The Hall–Kier alpha value is -1.04. The molecule has 0 radical (unpaired) electrons. The lowest BCUT2D eigenvalue weighted by atomic mass is 10.2. The van der Waals surface area contributed by atoms with Crippen molar-refractivity contribution in [2.45, 2.75) is 11.3 Å². The number of halogens is 3. The first kappa shape index (κ1) is 17.3. The second kappa shape index (κ2) is 8.56. The van der Waals surface area contributed by atoms with Gasteiger partial charge in [-0.25, -0.2) is 4.39 Å². The third kappa shape index (κ3) is 5.30. The summed E-state index contributed by atoms with van der Waals surface area (Å²) in [6, 6.07) is 11.6. The molecule has 116 valence electrons. The minimum Gasteiger partial charge on any atom is -0.352 e. The van der Waals surface area contributed by atoms with E-state index in [0.29, 0.717) is 17.1 Å². The number of nitrogens with one attached hydrogen (secondary N) is 1. The second-order valence-electron chi connectivity index (χ2n) is 4.54. The maximum Gasteiger partial charge on any atom is 0.252 e. The highest BCUT2D eigenvalue weighted by Crippen LogP contribution is 2.21. The van der Waals surface area contributed by atoms with E-state index in [1.54, 1.807) is 42.1 Å². The van der Waals surface area contributed by atoms with Crippen molar-refractivity contribution in [2.75, 3.05) is 12.3 Å². The zero-order valence-corrected chi connectivity index (χ0v) is 14.8. The zero-order valence-electron chi connectivity index (χ0n) is 11.6. The van der Waals surface area contributed by atoms with Gasteiger partial charge in [0.15, 0.2) is 0 Å². The van der Waals surface area contributed by atoms with Gasteiger partial charge in [0, 0.05) is 15.9 Å². The van der Waals surface area contributed by atoms with Gasteiger partial charge < -0.3 is 5.32 Å². The van der Waals surface area contributed by atoms with E-state index in [9.17, 15) is 9.18 Å². The van der Waals surface area contributed by atoms with Crippen molar-refractivity contribution in [3.63, 3.8) is 0 Å². The van der Waals surface area contributed by atoms with Gasteiger partial charge in [0.25, 0.3) is 5.91 Å². The Morgan fingerprint density at radius 3 is 2.68 bits per heavy atom. The van der Waals surface area contributed by atoms with Crippen LogP contribution in [0.15, 0.2) is 51.8 Å². The van der Waals surface area contributed by atoms with Crippen LogP contribution in [0.3, 0.4) is 0 Å². The fourth-order valence-electron chi connectivity index (χ4n) is 1.76.